The van der Waals surface area contributed by atoms with Crippen LogP contribution in [0.3, 0.4) is 0 Å². The normalized spacial score (nSPS) is 12.3. The first-order valence-electron chi connectivity index (χ1n) is 10.4. The minimum Gasteiger partial charge on any atom is -0.354 e. The van der Waals surface area contributed by atoms with Crippen molar-refractivity contribution >= 4 is 55.1 Å². The van der Waals surface area contributed by atoms with E-state index in [0.717, 1.165) is 16.1 Å². The molecule has 10 heteroatoms. The fourth-order valence-electron chi connectivity index (χ4n) is 3.07. The highest BCUT2D eigenvalue weighted by Crippen LogP contribution is 2.28. The van der Waals surface area contributed by atoms with Crippen LogP contribution in [0.2, 0.25) is 5.02 Å². The Balaban J connectivity index is 2.36. The third-order valence-corrected chi connectivity index (χ3v) is 6.97. The van der Waals surface area contributed by atoms with Gasteiger partial charge in [-0.3, -0.25) is 13.9 Å². The van der Waals surface area contributed by atoms with Gasteiger partial charge in [0.25, 0.3) is 0 Å². The summed E-state index contributed by atoms with van der Waals surface area (Å²) in [5.41, 5.74) is 1.11. The minimum atomic E-state index is -3.78. The molecule has 0 aliphatic carbocycles. The first-order valence-corrected chi connectivity index (χ1v) is 13.5. The highest BCUT2D eigenvalue weighted by atomic mass is 79.9. The van der Waals surface area contributed by atoms with Crippen LogP contribution in [0.25, 0.3) is 0 Å². The summed E-state index contributed by atoms with van der Waals surface area (Å²) in [6.45, 7) is 5.73. The number of halogens is 2. The van der Waals surface area contributed by atoms with E-state index in [0.29, 0.717) is 21.7 Å². The second kappa shape index (κ2) is 11.9. The van der Waals surface area contributed by atoms with Crippen molar-refractivity contribution < 1.29 is 18.0 Å². The molecule has 0 aliphatic heterocycles. The summed E-state index contributed by atoms with van der Waals surface area (Å²) >= 11 is 9.33. The first-order chi connectivity index (χ1) is 15.4. The van der Waals surface area contributed by atoms with Crippen molar-refractivity contribution in [2.75, 3.05) is 23.7 Å². The van der Waals surface area contributed by atoms with Crippen LogP contribution in [0.1, 0.15) is 26.3 Å². The van der Waals surface area contributed by atoms with Crippen molar-refractivity contribution in [3.05, 3.63) is 63.6 Å². The molecule has 0 fully saturated rings. The van der Waals surface area contributed by atoms with Gasteiger partial charge in [0.15, 0.2) is 0 Å². The van der Waals surface area contributed by atoms with E-state index in [1.165, 1.54) is 4.90 Å². The molecule has 0 aromatic heterocycles. The first kappa shape index (κ1) is 27.1. The number of amides is 2. The molecular weight excluding hydrogens is 530 g/mol. The van der Waals surface area contributed by atoms with Crippen molar-refractivity contribution in [2.24, 2.45) is 5.92 Å². The van der Waals surface area contributed by atoms with E-state index < -0.39 is 28.5 Å². The van der Waals surface area contributed by atoms with Gasteiger partial charge < -0.3 is 10.2 Å². The topological polar surface area (TPSA) is 86.8 Å². The zero-order chi connectivity index (χ0) is 24.8. The second-order valence-corrected chi connectivity index (χ2v) is 11.4. The van der Waals surface area contributed by atoms with Gasteiger partial charge in [-0.05, 0) is 58.6 Å². The van der Waals surface area contributed by atoms with Gasteiger partial charge in [0, 0.05) is 22.6 Å². The van der Waals surface area contributed by atoms with Crippen molar-refractivity contribution in [1.29, 1.82) is 0 Å². The minimum absolute atomic E-state index is 0.125. The molecule has 2 aromatic carbocycles. The fourth-order valence-corrected chi connectivity index (χ4v) is 4.67. The number of hydrogen-bond acceptors (Lipinski definition) is 4. The van der Waals surface area contributed by atoms with E-state index in [9.17, 15) is 18.0 Å². The zero-order valence-corrected chi connectivity index (χ0v) is 22.2. The Morgan fingerprint density at radius 2 is 1.67 bits per heavy atom. The van der Waals surface area contributed by atoms with Gasteiger partial charge >= 0.3 is 0 Å². The molecular formula is C23H29BrClN3O4S. The van der Waals surface area contributed by atoms with Crippen LogP contribution in [0.15, 0.2) is 53.0 Å². The maximum atomic E-state index is 13.4. The van der Waals surface area contributed by atoms with Crippen molar-refractivity contribution in [3.8, 4) is 0 Å². The third kappa shape index (κ3) is 8.01. The lowest BCUT2D eigenvalue weighted by Gasteiger charge is -2.32. The van der Waals surface area contributed by atoms with E-state index in [4.69, 9.17) is 11.6 Å². The summed E-state index contributed by atoms with van der Waals surface area (Å²) in [6.07, 6.45) is 1.04. The van der Waals surface area contributed by atoms with Crippen molar-refractivity contribution in [3.63, 3.8) is 0 Å². The Hall–Kier alpha value is -2.10. The second-order valence-electron chi connectivity index (χ2n) is 8.18. The Labute approximate surface area is 209 Å². The molecule has 33 heavy (non-hydrogen) atoms. The summed E-state index contributed by atoms with van der Waals surface area (Å²) in [6, 6.07) is 12.9. The van der Waals surface area contributed by atoms with Gasteiger partial charge in [-0.15, -0.1) is 0 Å². The molecule has 0 spiro atoms. The molecule has 0 saturated carbocycles. The van der Waals surface area contributed by atoms with Gasteiger partial charge in [0.1, 0.15) is 12.6 Å². The lowest BCUT2D eigenvalue weighted by Crippen LogP contribution is -2.51. The van der Waals surface area contributed by atoms with Gasteiger partial charge in [-0.1, -0.05) is 49.7 Å². The predicted molar refractivity (Wildman–Crippen MR) is 136 cm³/mol. The molecule has 1 atom stereocenters. The third-order valence-electron chi connectivity index (χ3n) is 4.92. The highest BCUT2D eigenvalue weighted by molar-refractivity contribution is 9.10. The van der Waals surface area contributed by atoms with Crippen molar-refractivity contribution in [2.45, 2.75) is 33.4 Å². The zero-order valence-electron chi connectivity index (χ0n) is 19.1. The number of sulfonamides is 1. The molecule has 2 aromatic rings. The van der Waals surface area contributed by atoms with E-state index in [1.54, 1.807) is 55.5 Å². The largest absolute Gasteiger partial charge is 0.354 e. The Kier molecular flexibility index (Phi) is 9.75. The molecule has 0 radical (unpaired) electrons. The average Bonchev–Trinajstić information content (AvgIpc) is 2.74. The molecule has 0 bridgehead atoms. The molecule has 2 rings (SSSR count). The molecule has 0 aliphatic rings. The highest BCUT2D eigenvalue weighted by Gasteiger charge is 2.30. The number of nitrogens with one attached hydrogen (secondary N) is 1. The quantitative estimate of drug-likeness (QED) is 0.477. The number of para-hydroxylation sites is 1. The maximum Gasteiger partial charge on any atom is 0.244 e. The summed E-state index contributed by atoms with van der Waals surface area (Å²) in [7, 11) is -3.78. The number of rotatable bonds is 10. The predicted octanol–water partition coefficient (Wildman–Crippen LogP) is 4.06. The average molecular weight is 559 g/mol. The van der Waals surface area contributed by atoms with E-state index >= 15 is 0 Å². The van der Waals surface area contributed by atoms with Crippen LogP contribution in [0, 0.1) is 5.92 Å². The molecule has 7 nitrogen and oxygen atoms in total. The van der Waals surface area contributed by atoms with Crippen LogP contribution >= 0.6 is 27.5 Å². The molecule has 2 amide bonds. The molecule has 0 heterocycles. The van der Waals surface area contributed by atoms with Gasteiger partial charge in [0.05, 0.1) is 11.9 Å². The molecule has 0 saturated heterocycles. The van der Waals surface area contributed by atoms with Crippen LogP contribution in [0.5, 0.6) is 0 Å². The van der Waals surface area contributed by atoms with E-state index in [1.807, 2.05) is 13.8 Å². The van der Waals surface area contributed by atoms with Crippen LogP contribution in [-0.4, -0.2) is 50.5 Å². The summed E-state index contributed by atoms with van der Waals surface area (Å²) < 4.78 is 26.7. The number of benzene rings is 2. The monoisotopic (exact) mass is 557 g/mol. The number of carbonyl (C=O) groups excluding carboxylic acids is 2. The number of hydrogen-bond donors (Lipinski definition) is 1. The van der Waals surface area contributed by atoms with Gasteiger partial charge in [0.2, 0.25) is 21.8 Å². The smallest absolute Gasteiger partial charge is 0.244 e. The van der Waals surface area contributed by atoms with Crippen LogP contribution in [-0.2, 0) is 26.2 Å². The summed E-state index contributed by atoms with van der Waals surface area (Å²) in [5.74, 6) is -0.561. The Morgan fingerprint density at radius 3 is 2.21 bits per heavy atom. The Bertz CT molecular complexity index is 1080. The van der Waals surface area contributed by atoms with Crippen LogP contribution < -0.4 is 9.62 Å². The van der Waals surface area contributed by atoms with Gasteiger partial charge in [-0.2, -0.15) is 0 Å². The maximum absolute atomic E-state index is 13.4. The summed E-state index contributed by atoms with van der Waals surface area (Å²) in [4.78, 5) is 27.6. The van der Waals surface area contributed by atoms with E-state index in [-0.39, 0.29) is 18.4 Å². The van der Waals surface area contributed by atoms with Gasteiger partial charge in [-0.25, -0.2) is 8.42 Å². The Morgan fingerprint density at radius 1 is 1.06 bits per heavy atom. The number of carbonyl (C=O) groups is 2. The fraction of sp³-hybridized carbons (Fsp3) is 0.391. The van der Waals surface area contributed by atoms with Crippen molar-refractivity contribution in [1.82, 2.24) is 10.2 Å². The standard InChI is InChI=1S/C23H29BrClN3O4S/c1-16(2)13-26-23(30)17(3)27(14-18-9-11-19(25)12-10-18)22(29)15-28(33(4,31)32)21-8-6-5-7-20(21)24/h5-12,16-17H,13-15H2,1-4H3,(H,26,30)/t17-/m1/s1. The molecule has 180 valence electrons. The number of anilines is 1. The lowest BCUT2D eigenvalue weighted by atomic mass is 10.1. The van der Waals surface area contributed by atoms with Crippen LogP contribution in [0.4, 0.5) is 5.69 Å². The van der Waals surface area contributed by atoms with E-state index in [2.05, 4.69) is 21.2 Å². The SMILES string of the molecule is CC(C)CNC(=O)[C@@H](C)N(Cc1ccc(Cl)cc1)C(=O)CN(c1ccccc1Br)S(C)(=O)=O. The summed E-state index contributed by atoms with van der Waals surface area (Å²) in [5, 5.41) is 3.40. The lowest BCUT2D eigenvalue weighted by molar-refractivity contribution is -0.139. The molecule has 1 N–H and O–H groups in total. The molecule has 0 unspecified atom stereocenters. The number of nitrogens with zero attached hydrogens (tertiary/aromatic N) is 2.